The Morgan fingerprint density at radius 1 is 1.02 bits per heavy atom. The minimum Gasteiger partial charge on any atom is -0.481 e. The van der Waals surface area contributed by atoms with Crippen LogP contribution in [0.4, 0.5) is 0 Å². The van der Waals surface area contributed by atoms with E-state index in [1.54, 1.807) is 26.0 Å². The number of nitrogens with zero attached hydrogens (tertiary/aromatic N) is 5. The maximum atomic E-state index is 14.4. The number of aliphatic hydroxyl groups is 1. The van der Waals surface area contributed by atoms with E-state index in [1.807, 2.05) is 11.6 Å². The highest BCUT2D eigenvalue weighted by Gasteiger charge is 2.71. The van der Waals surface area contributed by atoms with Gasteiger partial charge in [0.2, 0.25) is 0 Å². The number of likely N-dealkylation sites (N-methyl/N-ethyl adjacent to an activating group) is 1. The van der Waals surface area contributed by atoms with Gasteiger partial charge in [-0.1, -0.05) is 48.5 Å². The summed E-state index contributed by atoms with van der Waals surface area (Å²) in [7, 11) is 1.88. The third-order valence-corrected chi connectivity index (χ3v) is 17.1. The van der Waals surface area contributed by atoms with Gasteiger partial charge in [0.05, 0.1) is 17.4 Å². The van der Waals surface area contributed by atoms with Crippen molar-refractivity contribution in [1.29, 1.82) is 5.26 Å². The van der Waals surface area contributed by atoms with E-state index < -0.39 is 28.9 Å². The minimum atomic E-state index is -1.19. The van der Waals surface area contributed by atoms with Gasteiger partial charge in [0.1, 0.15) is 24.0 Å². The standard InChI is InChI=1S/C47H66N6O6/c1-27(2)36-31(54)23-47(38(56)40-52-51-39(53(40)22-21-49-10)30-13-11-28(25-48)26-50-30)20-19-45(8)29(37(36)47)12-14-33-44(7)17-16-34(59-35(55)24-42(3,4)41(57)58)43(5,6)32(44)15-18-46(33,45)9/h11,13,26-27,29,32-34,38,49,56H,12,14-24H2,1-10H3,(H,57,58)/t29-,32+,33-,34+,38+,44+,45-,46-,47-/m1/s1. The van der Waals surface area contributed by atoms with Gasteiger partial charge in [0.15, 0.2) is 17.4 Å². The largest absolute Gasteiger partial charge is 0.481 e. The van der Waals surface area contributed by atoms with Gasteiger partial charge in [-0.3, -0.25) is 19.4 Å². The van der Waals surface area contributed by atoms with Crippen LogP contribution >= 0.6 is 0 Å². The molecule has 0 aliphatic heterocycles. The highest BCUT2D eigenvalue weighted by molar-refractivity contribution is 6.00. The zero-order valence-electron chi connectivity index (χ0n) is 36.9. The highest BCUT2D eigenvalue weighted by atomic mass is 16.5. The van der Waals surface area contributed by atoms with Crippen LogP contribution in [0.1, 0.15) is 144 Å². The van der Waals surface area contributed by atoms with Gasteiger partial charge < -0.3 is 24.8 Å². The second-order valence-corrected chi connectivity index (χ2v) is 21.1. The number of nitriles is 1. The van der Waals surface area contributed by atoms with Crippen molar-refractivity contribution in [1.82, 2.24) is 25.1 Å². The fourth-order valence-electron chi connectivity index (χ4n) is 13.8. The van der Waals surface area contributed by atoms with Gasteiger partial charge in [-0.2, -0.15) is 5.26 Å². The lowest BCUT2D eigenvalue weighted by Crippen LogP contribution is -2.66. The van der Waals surface area contributed by atoms with Crippen molar-refractivity contribution in [2.45, 2.75) is 145 Å². The van der Waals surface area contributed by atoms with Crippen LogP contribution in [0.25, 0.3) is 11.5 Å². The first-order chi connectivity index (χ1) is 27.6. The molecule has 2 aromatic rings. The van der Waals surface area contributed by atoms with Crippen molar-refractivity contribution in [3.8, 4) is 17.6 Å². The SMILES string of the molecule is CNCCn1c(-c2ccc(C#N)cn2)nnc1[C@H](O)[C@@]12CC[C@]3(C)[C@H](CC[C@@H]4[C@@]5(C)CC[C@H](OC(=O)CC(C)(C)C(=O)O)C(C)(C)[C@@H]5CC[C@]43C)C1=C(C(C)C)C(=O)C2. The Kier molecular flexibility index (Phi) is 10.9. The molecule has 59 heavy (non-hydrogen) atoms. The molecule has 12 nitrogen and oxygen atoms in total. The first-order valence-corrected chi connectivity index (χ1v) is 22.0. The average Bonchev–Trinajstić information content (AvgIpc) is 3.73. The molecule has 5 aliphatic carbocycles. The zero-order valence-corrected chi connectivity index (χ0v) is 36.9. The number of Topliss-reactive ketones (excluding diaryl/α,β-unsaturated/α-hetero) is 1. The highest BCUT2D eigenvalue weighted by Crippen LogP contribution is 2.77. The molecule has 4 saturated carbocycles. The first kappa shape index (κ1) is 43.1. The van der Waals surface area contributed by atoms with E-state index in [0.717, 1.165) is 56.1 Å². The summed E-state index contributed by atoms with van der Waals surface area (Å²) in [4.78, 5) is 43.9. The number of carbonyl (C=O) groups excluding carboxylic acids is 2. The molecule has 0 radical (unpaired) electrons. The van der Waals surface area contributed by atoms with E-state index in [-0.39, 0.29) is 58.2 Å². The molecule has 2 aromatic heterocycles. The molecule has 0 saturated heterocycles. The number of aliphatic carboxylic acids is 1. The summed E-state index contributed by atoms with van der Waals surface area (Å²) in [5, 5.41) is 44.4. The van der Waals surface area contributed by atoms with Gasteiger partial charge in [-0.15, -0.1) is 10.2 Å². The topological polar surface area (TPSA) is 180 Å². The number of carboxylic acids is 1. The molecule has 0 amide bonds. The number of rotatable bonds is 11. The number of carbonyl (C=O) groups is 3. The van der Waals surface area contributed by atoms with E-state index in [4.69, 9.17) is 4.74 Å². The van der Waals surface area contributed by atoms with E-state index in [1.165, 1.54) is 6.20 Å². The lowest BCUT2D eigenvalue weighted by atomic mass is 9.33. The molecule has 0 aromatic carbocycles. The van der Waals surface area contributed by atoms with Crippen LogP contribution < -0.4 is 5.32 Å². The number of aliphatic hydroxyl groups excluding tert-OH is 1. The number of ketones is 1. The summed E-state index contributed by atoms with van der Waals surface area (Å²) in [6.45, 7) is 20.5. The Hall–Kier alpha value is -3.95. The van der Waals surface area contributed by atoms with Crippen molar-refractivity contribution in [2.75, 3.05) is 13.6 Å². The number of nitrogens with one attached hydrogen (secondary N) is 1. The molecule has 0 spiro atoms. The molecular weight excluding hydrogens is 745 g/mol. The molecule has 320 valence electrons. The van der Waals surface area contributed by atoms with E-state index in [0.29, 0.717) is 54.3 Å². The van der Waals surface area contributed by atoms with Crippen LogP contribution in [0, 0.1) is 67.5 Å². The van der Waals surface area contributed by atoms with Crippen LogP contribution in [-0.4, -0.2) is 67.4 Å². The third kappa shape index (κ3) is 6.50. The molecule has 0 bridgehead atoms. The molecule has 5 aliphatic rings. The lowest BCUT2D eigenvalue weighted by molar-refractivity contribution is -0.235. The number of hydrogen-bond donors (Lipinski definition) is 3. The predicted octanol–water partition coefficient (Wildman–Crippen LogP) is 7.86. The van der Waals surface area contributed by atoms with Crippen LogP contribution in [0.15, 0.2) is 29.5 Å². The van der Waals surface area contributed by atoms with Gasteiger partial charge in [-0.25, -0.2) is 0 Å². The second kappa shape index (κ2) is 14.9. The van der Waals surface area contributed by atoms with E-state index >= 15 is 0 Å². The van der Waals surface area contributed by atoms with Gasteiger partial charge >= 0.3 is 11.9 Å². The van der Waals surface area contributed by atoms with Crippen LogP contribution in [0.5, 0.6) is 0 Å². The van der Waals surface area contributed by atoms with Crippen LogP contribution in [0.2, 0.25) is 0 Å². The molecule has 2 heterocycles. The number of aromatic nitrogens is 4. The smallest absolute Gasteiger partial charge is 0.309 e. The fourth-order valence-corrected chi connectivity index (χ4v) is 13.8. The van der Waals surface area contributed by atoms with Crippen LogP contribution in [0.3, 0.4) is 0 Å². The number of allylic oxidation sites excluding steroid dienone is 1. The normalized spacial score (nSPS) is 34.3. The van der Waals surface area contributed by atoms with Crippen molar-refractivity contribution >= 4 is 17.7 Å². The quantitative estimate of drug-likeness (QED) is 0.188. The predicted molar refractivity (Wildman–Crippen MR) is 222 cm³/mol. The molecular formula is C47H66N6O6. The second-order valence-electron chi connectivity index (χ2n) is 21.1. The summed E-state index contributed by atoms with van der Waals surface area (Å²) in [5.74, 6) is 0.513. The lowest BCUT2D eigenvalue weighted by Gasteiger charge is -2.72. The number of pyridine rings is 1. The Labute approximate surface area is 350 Å². The summed E-state index contributed by atoms with van der Waals surface area (Å²) in [6, 6.07) is 5.59. The Morgan fingerprint density at radius 3 is 2.37 bits per heavy atom. The fraction of sp³-hybridized carbons (Fsp3) is 0.723. The number of fused-ring (bicyclic) bond motifs is 7. The number of carboxylic acid groups (broad SMARTS) is 1. The Morgan fingerprint density at radius 2 is 1.75 bits per heavy atom. The minimum absolute atomic E-state index is 0.00212. The van der Waals surface area contributed by atoms with Crippen molar-refractivity contribution in [3.63, 3.8) is 0 Å². The summed E-state index contributed by atoms with van der Waals surface area (Å²) in [6.07, 6.45) is 7.46. The van der Waals surface area contributed by atoms with Crippen LogP contribution in [-0.2, 0) is 25.7 Å². The number of ether oxygens (including phenoxy) is 1. The molecule has 0 unspecified atom stereocenters. The molecule has 12 heteroatoms. The van der Waals surface area contributed by atoms with E-state index in [9.17, 15) is 29.9 Å². The van der Waals surface area contributed by atoms with E-state index in [2.05, 4.69) is 75.0 Å². The molecule has 4 fully saturated rings. The van der Waals surface area contributed by atoms with Gasteiger partial charge in [0.25, 0.3) is 0 Å². The number of esters is 1. The first-order valence-electron chi connectivity index (χ1n) is 22.0. The zero-order chi connectivity index (χ0) is 43.1. The molecule has 7 rings (SSSR count). The van der Waals surface area contributed by atoms with Gasteiger partial charge in [0, 0.05) is 36.5 Å². The Balaban J connectivity index is 1.22. The summed E-state index contributed by atoms with van der Waals surface area (Å²) in [5.41, 5.74) is 0.624. The third-order valence-electron chi connectivity index (χ3n) is 17.1. The maximum absolute atomic E-state index is 14.4. The summed E-state index contributed by atoms with van der Waals surface area (Å²) < 4.78 is 8.13. The average molecular weight is 811 g/mol. The van der Waals surface area contributed by atoms with Gasteiger partial charge in [-0.05, 0) is 135 Å². The molecule has 9 atom stereocenters. The Bertz CT molecular complexity index is 2080. The van der Waals surface area contributed by atoms with Crippen molar-refractivity contribution < 1.29 is 29.3 Å². The van der Waals surface area contributed by atoms with Crippen molar-refractivity contribution in [2.24, 2.45) is 56.2 Å². The molecule has 3 N–H and O–H groups in total. The van der Waals surface area contributed by atoms with Crippen molar-refractivity contribution in [3.05, 3.63) is 40.9 Å². The number of hydrogen-bond acceptors (Lipinski definition) is 10. The monoisotopic (exact) mass is 811 g/mol. The maximum Gasteiger partial charge on any atom is 0.309 e. The summed E-state index contributed by atoms with van der Waals surface area (Å²) >= 11 is 0.